The largest absolute Gasteiger partial charge is 0.288 e. The molecule has 114 valence electrons. The molecule has 0 amide bonds. The molecular weight excluding hydrogens is 310 g/mol. The minimum atomic E-state index is -3.66. The minimum Gasteiger partial charge on any atom is -0.288 e. The predicted octanol–water partition coefficient (Wildman–Crippen LogP) is 2.80. The molecule has 0 N–H and O–H groups in total. The first-order valence-corrected chi connectivity index (χ1v) is 8.87. The highest BCUT2D eigenvalue weighted by atomic mass is 35.5. The molecule has 5 nitrogen and oxygen atoms in total. The summed E-state index contributed by atoms with van der Waals surface area (Å²) in [4.78, 5) is 4.14. The van der Waals surface area contributed by atoms with Crippen molar-refractivity contribution in [2.75, 3.05) is 6.54 Å². The molecule has 0 radical (unpaired) electrons. The monoisotopic (exact) mass is 327 g/mol. The summed E-state index contributed by atoms with van der Waals surface area (Å²) in [7, 11) is -3.66. The highest BCUT2D eigenvalue weighted by molar-refractivity contribution is 7.89. The lowest BCUT2D eigenvalue weighted by Gasteiger charge is -2.35. The number of aromatic nitrogens is 2. The number of hydrogen-bond acceptors (Lipinski definition) is 3. The van der Waals surface area contributed by atoms with E-state index in [4.69, 9.17) is 11.6 Å². The van der Waals surface area contributed by atoms with Crippen molar-refractivity contribution in [2.24, 2.45) is 5.92 Å². The second kappa shape index (κ2) is 5.26. The van der Waals surface area contributed by atoms with Crippen LogP contribution in [0.5, 0.6) is 0 Å². The van der Waals surface area contributed by atoms with Gasteiger partial charge in [-0.2, -0.15) is 4.31 Å². The smallest absolute Gasteiger partial charge is 0.262 e. The van der Waals surface area contributed by atoms with Crippen molar-refractivity contribution in [2.45, 2.75) is 37.8 Å². The van der Waals surface area contributed by atoms with Crippen LogP contribution >= 0.6 is 11.6 Å². The Morgan fingerprint density at radius 1 is 1.29 bits per heavy atom. The van der Waals surface area contributed by atoms with Gasteiger partial charge in [-0.15, -0.1) is 0 Å². The van der Waals surface area contributed by atoms with Crippen LogP contribution in [0.4, 0.5) is 0 Å². The molecule has 1 fully saturated rings. The summed E-state index contributed by atoms with van der Waals surface area (Å²) in [5.74, 6) is 0.355. The molecule has 0 aliphatic carbocycles. The van der Waals surface area contributed by atoms with E-state index in [0.717, 1.165) is 12.8 Å². The number of hydrogen-bond donors (Lipinski definition) is 0. The number of nitrogens with zero attached hydrogens (tertiary/aromatic N) is 3. The number of pyridine rings is 1. The van der Waals surface area contributed by atoms with Gasteiger partial charge in [0.05, 0.1) is 0 Å². The number of piperidine rings is 1. The van der Waals surface area contributed by atoms with E-state index < -0.39 is 10.0 Å². The zero-order valence-electron chi connectivity index (χ0n) is 12.0. The van der Waals surface area contributed by atoms with Crippen molar-refractivity contribution in [3.63, 3.8) is 0 Å². The summed E-state index contributed by atoms with van der Waals surface area (Å²) >= 11 is 6.12. The summed E-state index contributed by atoms with van der Waals surface area (Å²) in [6.07, 6.45) is 3.60. The Hall–Kier alpha value is -1.11. The van der Waals surface area contributed by atoms with Crippen LogP contribution in [-0.4, -0.2) is 34.7 Å². The average Bonchev–Trinajstić information content (AvgIpc) is 2.77. The summed E-state index contributed by atoms with van der Waals surface area (Å²) in [5, 5.41) is 0.104. The van der Waals surface area contributed by atoms with Gasteiger partial charge in [0.15, 0.2) is 10.2 Å². The van der Waals surface area contributed by atoms with Gasteiger partial charge in [-0.1, -0.05) is 24.6 Å². The molecule has 2 atom stereocenters. The third kappa shape index (κ3) is 2.45. The van der Waals surface area contributed by atoms with Crippen LogP contribution in [0.2, 0.25) is 5.15 Å². The van der Waals surface area contributed by atoms with Crippen molar-refractivity contribution in [3.8, 4) is 0 Å². The predicted molar refractivity (Wildman–Crippen MR) is 82.0 cm³/mol. The number of imidazole rings is 1. The molecule has 3 rings (SSSR count). The molecule has 1 saturated heterocycles. The van der Waals surface area contributed by atoms with E-state index in [1.165, 1.54) is 0 Å². The van der Waals surface area contributed by atoms with Crippen molar-refractivity contribution < 1.29 is 8.42 Å². The van der Waals surface area contributed by atoms with E-state index >= 15 is 0 Å². The fourth-order valence-corrected chi connectivity index (χ4v) is 5.25. The third-order valence-corrected chi connectivity index (χ3v) is 6.44. The van der Waals surface area contributed by atoms with Crippen LogP contribution in [0, 0.1) is 5.92 Å². The number of rotatable bonds is 2. The molecule has 2 unspecified atom stereocenters. The van der Waals surface area contributed by atoms with Crippen molar-refractivity contribution in [3.05, 3.63) is 29.5 Å². The Morgan fingerprint density at radius 3 is 2.81 bits per heavy atom. The van der Waals surface area contributed by atoms with Gasteiger partial charge in [0.1, 0.15) is 5.65 Å². The summed E-state index contributed by atoms with van der Waals surface area (Å²) in [6, 6.07) is 5.30. The molecule has 21 heavy (non-hydrogen) atoms. The van der Waals surface area contributed by atoms with E-state index in [0.29, 0.717) is 18.1 Å². The molecule has 3 heterocycles. The van der Waals surface area contributed by atoms with Gasteiger partial charge >= 0.3 is 0 Å². The maximum absolute atomic E-state index is 13.0. The molecular formula is C14H18ClN3O2S. The van der Waals surface area contributed by atoms with E-state index in [-0.39, 0.29) is 16.2 Å². The van der Waals surface area contributed by atoms with E-state index in [9.17, 15) is 8.42 Å². The van der Waals surface area contributed by atoms with E-state index in [1.54, 1.807) is 33.1 Å². The highest BCUT2D eigenvalue weighted by Crippen LogP contribution is 2.31. The molecule has 1 aliphatic heterocycles. The molecule has 7 heteroatoms. The van der Waals surface area contributed by atoms with Crippen LogP contribution in [0.25, 0.3) is 5.65 Å². The molecule has 2 aromatic rings. The first kappa shape index (κ1) is 14.8. The fourth-order valence-electron chi connectivity index (χ4n) is 2.87. The first-order chi connectivity index (χ1) is 9.91. The summed E-state index contributed by atoms with van der Waals surface area (Å²) in [5.41, 5.74) is 0.541. The maximum atomic E-state index is 13.0. The lowest BCUT2D eigenvalue weighted by atomic mass is 9.97. The minimum absolute atomic E-state index is 0.0171. The normalized spacial score (nSPS) is 24.5. The molecule has 1 aliphatic rings. The van der Waals surface area contributed by atoms with E-state index in [1.807, 2.05) is 6.92 Å². The fraction of sp³-hybridized carbons (Fsp3) is 0.500. The molecule has 0 spiro atoms. The Morgan fingerprint density at radius 2 is 2.05 bits per heavy atom. The lowest BCUT2D eigenvalue weighted by molar-refractivity contribution is 0.217. The van der Waals surface area contributed by atoms with Gasteiger partial charge in [-0.3, -0.25) is 4.40 Å². The second-order valence-corrected chi connectivity index (χ2v) is 7.91. The van der Waals surface area contributed by atoms with Gasteiger partial charge in [0.2, 0.25) is 0 Å². The standard InChI is InChI=1S/C14H18ClN3O2S/c1-10-6-7-11(2)18(9-10)21(19,20)14-13(15)16-12-5-3-4-8-17(12)14/h3-5,8,10-11H,6-7,9H2,1-2H3. The van der Waals surface area contributed by atoms with Crippen molar-refractivity contribution in [1.82, 2.24) is 13.7 Å². The maximum Gasteiger partial charge on any atom is 0.262 e. The highest BCUT2D eigenvalue weighted by Gasteiger charge is 2.37. The van der Waals surface area contributed by atoms with Crippen LogP contribution in [0.1, 0.15) is 26.7 Å². The number of sulfonamides is 1. The molecule has 0 aromatic carbocycles. The second-order valence-electron chi connectivity index (χ2n) is 5.74. The van der Waals surface area contributed by atoms with Gasteiger partial charge in [-0.05, 0) is 37.8 Å². The van der Waals surface area contributed by atoms with Gasteiger partial charge in [0, 0.05) is 18.8 Å². The third-order valence-electron chi connectivity index (χ3n) is 4.06. The topological polar surface area (TPSA) is 54.7 Å². The van der Waals surface area contributed by atoms with Gasteiger partial charge in [0.25, 0.3) is 10.0 Å². The molecule has 2 aromatic heterocycles. The lowest BCUT2D eigenvalue weighted by Crippen LogP contribution is -2.45. The van der Waals surface area contributed by atoms with Crippen molar-refractivity contribution >= 4 is 27.3 Å². The van der Waals surface area contributed by atoms with Gasteiger partial charge in [-0.25, -0.2) is 13.4 Å². The quantitative estimate of drug-likeness (QED) is 0.852. The summed E-state index contributed by atoms with van der Waals surface area (Å²) in [6.45, 7) is 4.55. The van der Waals surface area contributed by atoms with Crippen LogP contribution < -0.4 is 0 Å². The van der Waals surface area contributed by atoms with Crippen LogP contribution in [-0.2, 0) is 10.0 Å². The Labute approximate surface area is 129 Å². The number of fused-ring (bicyclic) bond motifs is 1. The Kier molecular flexibility index (Phi) is 3.71. The van der Waals surface area contributed by atoms with Crippen LogP contribution in [0.3, 0.4) is 0 Å². The van der Waals surface area contributed by atoms with E-state index in [2.05, 4.69) is 11.9 Å². The van der Waals surface area contributed by atoms with Crippen molar-refractivity contribution in [1.29, 1.82) is 0 Å². The first-order valence-electron chi connectivity index (χ1n) is 7.05. The Bertz CT molecular complexity index is 772. The average molecular weight is 328 g/mol. The number of halogens is 1. The zero-order valence-corrected chi connectivity index (χ0v) is 13.6. The molecule has 0 saturated carbocycles. The Balaban J connectivity index is 2.14. The van der Waals surface area contributed by atoms with Crippen LogP contribution in [0.15, 0.2) is 29.4 Å². The SMILES string of the molecule is CC1CCC(C)N(S(=O)(=O)c2c(Cl)nc3ccccn23)C1. The molecule has 0 bridgehead atoms. The summed E-state index contributed by atoms with van der Waals surface area (Å²) < 4.78 is 29.1. The zero-order chi connectivity index (χ0) is 15.2. The van der Waals surface area contributed by atoms with Gasteiger partial charge < -0.3 is 0 Å².